The average Bonchev–Trinajstić information content (AvgIpc) is 3.15. The van der Waals surface area contributed by atoms with Gasteiger partial charge in [-0.2, -0.15) is 9.98 Å². The van der Waals surface area contributed by atoms with Gasteiger partial charge in [-0.3, -0.25) is 4.57 Å². The second kappa shape index (κ2) is 10.1. The maximum absolute atomic E-state index is 13.6. The summed E-state index contributed by atoms with van der Waals surface area (Å²) in [5.41, 5.74) is -0.171. The van der Waals surface area contributed by atoms with E-state index in [-0.39, 0.29) is 15.5 Å². The molecule has 0 saturated heterocycles. The Morgan fingerprint density at radius 1 is 1.20 bits per heavy atom. The van der Waals surface area contributed by atoms with Crippen molar-refractivity contribution in [3.8, 4) is 17.6 Å². The monoisotopic (exact) mass is 580 g/mol. The van der Waals surface area contributed by atoms with Crippen LogP contribution in [-0.4, -0.2) is 25.7 Å². The van der Waals surface area contributed by atoms with Crippen LogP contribution >= 0.6 is 42.0 Å². The van der Waals surface area contributed by atoms with E-state index >= 15 is 0 Å². The standard InChI is InChI=1S/C18H15FIN2O5PS2/c19-16-9-15(2-1-12(16)10-21)27-28(23)11-22-30(24,25)18-8-13-7-14(26-6-5-20)3-4-17(13)29-18/h1-4,7-9,22,28H,5-6,11H2. The first-order chi connectivity index (χ1) is 14.3. The molecule has 1 unspecified atom stereocenters. The fourth-order valence-electron chi connectivity index (χ4n) is 2.42. The van der Waals surface area contributed by atoms with Gasteiger partial charge in [0.15, 0.2) is 0 Å². The Hall–Kier alpha value is -1.71. The van der Waals surface area contributed by atoms with E-state index in [1.807, 2.05) is 0 Å². The molecule has 0 fully saturated rings. The highest BCUT2D eigenvalue weighted by Crippen LogP contribution is 2.33. The molecule has 7 nitrogen and oxygen atoms in total. The van der Waals surface area contributed by atoms with Crippen molar-refractivity contribution in [3.63, 3.8) is 0 Å². The number of fused-ring (bicyclic) bond motifs is 1. The fraction of sp³-hybridized carbons (Fsp3) is 0.167. The van der Waals surface area contributed by atoms with E-state index in [1.54, 1.807) is 24.3 Å². The summed E-state index contributed by atoms with van der Waals surface area (Å²) in [5, 5.41) is 9.44. The topological polar surface area (TPSA) is 105 Å². The second-order valence-corrected chi connectivity index (χ2v) is 11.3. The van der Waals surface area contributed by atoms with Crippen molar-refractivity contribution in [1.29, 1.82) is 5.26 Å². The van der Waals surface area contributed by atoms with E-state index in [1.165, 1.54) is 18.2 Å². The molecule has 0 saturated carbocycles. The number of ether oxygens (including phenoxy) is 1. The van der Waals surface area contributed by atoms with E-state index in [2.05, 4.69) is 27.3 Å². The van der Waals surface area contributed by atoms with E-state index < -0.39 is 30.2 Å². The summed E-state index contributed by atoms with van der Waals surface area (Å²) in [5.74, 6) is -0.199. The van der Waals surface area contributed by atoms with Gasteiger partial charge in [0.05, 0.1) is 18.5 Å². The molecule has 1 aromatic heterocycles. The van der Waals surface area contributed by atoms with Gasteiger partial charge in [0.1, 0.15) is 27.6 Å². The Bertz CT molecular complexity index is 1240. The first-order valence-electron chi connectivity index (χ1n) is 8.45. The van der Waals surface area contributed by atoms with Crippen molar-refractivity contribution in [2.24, 2.45) is 0 Å². The largest absolute Gasteiger partial charge is 0.493 e. The zero-order chi connectivity index (χ0) is 21.7. The third-order valence-electron chi connectivity index (χ3n) is 3.78. The average molecular weight is 580 g/mol. The molecule has 1 heterocycles. The molecule has 3 aromatic rings. The van der Waals surface area contributed by atoms with Crippen LogP contribution in [0.2, 0.25) is 0 Å². The number of nitrogens with one attached hydrogen (secondary N) is 1. The third-order valence-corrected chi connectivity index (χ3v) is 8.39. The first kappa shape index (κ1) is 23.0. The highest BCUT2D eigenvalue weighted by molar-refractivity contribution is 14.1. The number of nitrogens with zero attached hydrogens (tertiary/aromatic N) is 1. The van der Waals surface area contributed by atoms with Crippen LogP contribution in [0.1, 0.15) is 5.56 Å². The van der Waals surface area contributed by atoms with Crippen molar-refractivity contribution in [3.05, 3.63) is 53.8 Å². The quantitative estimate of drug-likeness (QED) is 0.227. The Labute approximate surface area is 190 Å². The Kier molecular flexibility index (Phi) is 7.70. The number of hydrogen-bond acceptors (Lipinski definition) is 7. The predicted molar refractivity (Wildman–Crippen MR) is 122 cm³/mol. The molecule has 0 aliphatic rings. The molecule has 0 aliphatic heterocycles. The summed E-state index contributed by atoms with van der Waals surface area (Å²) in [6, 6.07) is 11.9. The molecule has 1 atom stereocenters. The molecule has 1 N–H and O–H groups in total. The minimum absolute atomic E-state index is 0.0459. The van der Waals surface area contributed by atoms with Gasteiger partial charge in [-0.1, -0.05) is 22.6 Å². The van der Waals surface area contributed by atoms with E-state index in [0.29, 0.717) is 12.4 Å². The lowest BCUT2D eigenvalue weighted by Crippen LogP contribution is -2.22. The zero-order valence-electron chi connectivity index (χ0n) is 15.2. The van der Waals surface area contributed by atoms with Crippen LogP contribution in [0, 0.1) is 17.1 Å². The van der Waals surface area contributed by atoms with Gasteiger partial charge >= 0.3 is 0 Å². The van der Waals surface area contributed by atoms with Gasteiger partial charge in [-0.05, 0) is 41.8 Å². The molecule has 0 amide bonds. The Balaban J connectivity index is 1.66. The number of benzene rings is 2. The normalized spacial score (nSPS) is 12.4. The molecule has 0 spiro atoms. The summed E-state index contributed by atoms with van der Waals surface area (Å²) in [6.07, 6.45) is -0.452. The van der Waals surface area contributed by atoms with E-state index in [0.717, 1.165) is 31.9 Å². The molecule has 12 heteroatoms. The summed E-state index contributed by atoms with van der Waals surface area (Å²) < 4.78 is 65.4. The van der Waals surface area contributed by atoms with Crippen LogP contribution in [-0.2, 0) is 14.6 Å². The molecular weight excluding hydrogens is 565 g/mol. The van der Waals surface area contributed by atoms with Gasteiger partial charge in [0.25, 0.3) is 18.1 Å². The SMILES string of the molecule is N#Cc1ccc(O[PH](=O)CNS(=O)(=O)c2cc3cc(OCCI)ccc3s2)cc1F. The van der Waals surface area contributed by atoms with Crippen molar-refractivity contribution in [1.82, 2.24) is 4.72 Å². The molecule has 158 valence electrons. The van der Waals surface area contributed by atoms with E-state index in [4.69, 9.17) is 14.5 Å². The van der Waals surface area contributed by atoms with E-state index in [9.17, 15) is 17.4 Å². The lowest BCUT2D eigenvalue weighted by Gasteiger charge is -2.08. The van der Waals surface area contributed by atoms with Crippen LogP contribution in [0.3, 0.4) is 0 Å². The molecule has 0 radical (unpaired) electrons. The minimum Gasteiger partial charge on any atom is -0.493 e. The lowest BCUT2D eigenvalue weighted by atomic mass is 10.2. The number of nitriles is 1. The fourth-order valence-corrected chi connectivity index (χ4v) is 6.42. The lowest BCUT2D eigenvalue weighted by molar-refractivity contribution is 0.347. The Morgan fingerprint density at radius 3 is 2.67 bits per heavy atom. The van der Waals surface area contributed by atoms with Crippen molar-refractivity contribution < 1.29 is 26.6 Å². The highest BCUT2D eigenvalue weighted by atomic mass is 127. The van der Waals surface area contributed by atoms with Crippen LogP contribution in [0.4, 0.5) is 4.39 Å². The van der Waals surface area contributed by atoms with Gasteiger partial charge in [-0.15, -0.1) is 11.3 Å². The summed E-state index contributed by atoms with van der Waals surface area (Å²) in [6.45, 7) is 0.556. The maximum atomic E-state index is 13.6. The van der Waals surface area contributed by atoms with Gasteiger partial charge in [0, 0.05) is 15.2 Å². The summed E-state index contributed by atoms with van der Waals surface area (Å²) >= 11 is 3.28. The smallest absolute Gasteiger partial charge is 0.251 e. The molecule has 0 bridgehead atoms. The van der Waals surface area contributed by atoms with Gasteiger partial charge in [0.2, 0.25) is 0 Å². The number of rotatable bonds is 9. The van der Waals surface area contributed by atoms with Crippen molar-refractivity contribution in [2.45, 2.75) is 4.21 Å². The van der Waals surface area contributed by atoms with Crippen LogP contribution in [0.25, 0.3) is 10.1 Å². The summed E-state index contributed by atoms with van der Waals surface area (Å²) in [4.78, 5) is 0. The van der Waals surface area contributed by atoms with Gasteiger partial charge < -0.3 is 9.26 Å². The van der Waals surface area contributed by atoms with Crippen LogP contribution in [0.5, 0.6) is 11.5 Å². The minimum atomic E-state index is -3.90. The van der Waals surface area contributed by atoms with Gasteiger partial charge in [-0.25, -0.2) is 12.8 Å². The number of hydrogen-bond donors (Lipinski definition) is 1. The maximum Gasteiger partial charge on any atom is 0.251 e. The van der Waals surface area contributed by atoms with Crippen LogP contribution < -0.4 is 14.0 Å². The predicted octanol–water partition coefficient (Wildman–Crippen LogP) is 4.52. The molecule has 3 rings (SSSR count). The highest BCUT2D eigenvalue weighted by Gasteiger charge is 2.19. The van der Waals surface area contributed by atoms with Crippen molar-refractivity contribution in [2.75, 3.05) is 17.3 Å². The number of thiophene rings is 1. The number of alkyl halides is 1. The third kappa shape index (κ3) is 5.70. The molecule has 30 heavy (non-hydrogen) atoms. The molecule has 0 aliphatic carbocycles. The van der Waals surface area contributed by atoms with Crippen LogP contribution in [0.15, 0.2) is 46.7 Å². The van der Waals surface area contributed by atoms with Crippen molar-refractivity contribution >= 4 is 62.1 Å². The Morgan fingerprint density at radius 2 is 1.97 bits per heavy atom. The molecule has 2 aromatic carbocycles. The number of sulfonamides is 1. The molecular formula is C18H15FIN2O5PS2. The summed E-state index contributed by atoms with van der Waals surface area (Å²) in [7, 11) is -6.77. The second-order valence-electron chi connectivity index (χ2n) is 5.85. The zero-order valence-corrected chi connectivity index (χ0v) is 20.0. The number of halogens is 2. The first-order valence-corrected chi connectivity index (χ1v) is 13.8.